The SMILES string of the molecule is CC(C)(C)OC(=O)N1C[C@@H](CCN)[C@@H](CCN)C1. The maximum Gasteiger partial charge on any atom is 0.410 e. The van der Waals surface area contributed by atoms with Crippen molar-refractivity contribution in [2.24, 2.45) is 23.3 Å². The molecule has 1 heterocycles. The van der Waals surface area contributed by atoms with E-state index in [1.54, 1.807) is 4.90 Å². The lowest BCUT2D eigenvalue weighted by Crippen LogP contribution is -2.35. The fourth-order valence-electron chi connectivity index (χ4n) is 2.50. The summed E-state index contributed by atoms with van der Waals surface area (Å²) in [7, 11) is 0. The van der Waals surface area contributed by atoms with Crippen LogP contribution >= 0.6 is 0 Å². The van der Waals surface area contributed by atoms with E-state index in [1.165, 1.54) is 0 Å². The van der Waals surface area contributed by atoms with Gasteiger partial charge in [-0.25, -0.2) is 4.79 Å². The van der Waals surface area contributed by atoms with E-state index in [0.29, 0.717) is 24.9 Å². The molecule has 0 aromatic rings. The standard InChI is InChI=1S/C13H27N3O2/c1-13(2,3)18-12(17)16-8-10(4-6-14)11(9-16)5-7-15/h10-11H,4-9,14-15H2,1-3H3/t10-,11+. The van der Waals surface area contributed by atoms with Crippen LogP contribution in [0.25, 0.3) is 0 Å². The predicted octanol–water partition coefficient (Wildman–Crippen LogP) is 1.17. The molecular formula is C13H27N3O2. The van der Waals surface area contributed by atoms with Crippen LogP contribution in [-0.4, -0.2) is 42.8 Å². The molecule has 0 aromatic heterocycles. The maximum absolute atomic E-state index is 12.0. The van der Waals surface area contributed by atoms with Gasteiger partial charge in [-0.1, -0.05) is 0 Å². The molecule has 1 rings (SSSR count). The molecule has 0 radical (unpaired) electrons. The summed E-state index contributed by atoms with van der Waals surface area (Å²) in [5.41, 5.74) is 10.8. The first kappa shape index (κ1) is 15.2. The summed E-state index contributed by atoms with van der Waals surface area (Å²) in [5, 5.41) is 0. The van der Waals surface area contributed by atoms with Gasteiger partial charge >= 0.3 is 6.09 Å². The molecule has 18 heavy (non-hydrogen) atoms. The molecule has 0 spiro atoms. The minimum atomic E-state index is -0.438. The summed E-state index contributed by atoms with van der Waals surface area (Å²) < 4.78 is 5.40. The molecule has 2 atom stereocenters. The van der Waals surface area contributed by atoms with Gasteiger partial charge in [-0.15, -0.1) is 0 Å². The van der Waals surface area contributed by atoms with E-state index in [4.69, 9.17) is 16.2 Å². The number of hydrogen-bond donors (Lipinski definition) is 2. The summed E-state index contributed by atoms with van der Waals surface area (Å²) >= 11 is 0. The van der Waals surface area contributed by atoms with Crippen LogP contribution in [0.3, 0.4) is 0 Å². The average molecular weight is 257 g/mol. The lowest BCUT2D eigenvalue weighted by molar-refractivity contribution is 0.0283. The quantitative estimate of drug-likeness (QED) is 0.792. The Morgan fingerprint density at radius 1 is 1.17 bits per heavy atom. The number of likely N-dealkylation sites (tertiary alicyclic amines) is 1. The van der Waals surface area contributed by atoms with Crippen molar-refractivity contribution >= 4 is 6.09 Å². The number of amides is 1. The molecule has 1 saturated heterocycles. The van der Waals surface area contributed by atoms with Gasteiger partial charge in [-0.2, -0.15) is 0 Å². The third-order valence-electron chi connectivity index (χ3n) is 3.30. The van der Waals surface area contributed by atoms with E-state index >= 15 is 0 Å². The van der Waals surface area contributed by atoms with Gasteiger partial charge in [0.05, 0.1) is 0 Å². The average Bonchev–Trinajstić information content (AvgIpc) is 2.61. The molecule has 4 N–H and O–H groups in total. The van der Waals surface area contributed by atoms with Crippen LogP contribution in [0.2, 0.25) is 0 Å². The van der Waals surface area contributed by atoms with Crippen LogP contribution in [0.1, 0.15) is 33.6 Å². The first-order chi connectivity index (χ1) is 8.37. The summed E-state index contributed by atoms with van der Waals surface area (Å²) in [6, 6.07) is 0. The van der Waals surface area contributed by atoms with Gasteiger partial charge in [0.25, 0.3) is 0 Å². The number of carbonyl (C=O) groups excluding carboxylic acids is 1. The summed E-state index contributed by atoms with van der Waals surface area (Å²) in [6.07, 6.45) is 1.68. The Balaban J connectivity index is 2.56. The van der Waals surface area contributed by atoms with Crippen molar-refractivity contribution in [3.63, 3.8) is 0 Å². The van der Waals surface area contributed by atoms with Crippen LogP contribution in [0, 0.1) is 11.8 Å². The number of nitrogens with zero attached hydrogens (tertiary/aromatic N) is 1. The highest BCUT2D eigenvalue weighted by Crippen LogP contribution is 2.29. The van der Waals surface area contributed by atoms with E-state index < -0.39 is 5.60 Å². The number of hydrogen-bond acceptors (Lipinski definition) is 4. The minimum Gasteiger partial charge on any atom is -0.444 e. The second-order valence-electron chi connectivity index (χ2n) is 6.06. The number of nitrogens with two attached hydrogens (primary N) is 2. The second-order valence-corrected chi connectivity index (χ2v) is 6.06. The summed E-state index contributed by atoms with van der Waals surface area (Å²) in [4.78, 5) is 13.8. The second kappa shape index (κ2) is 6.38. The topological polar surface area (TPSA) is 81.6 Å². The highest BCUT2D eigenvalue weighted by molar-refractivity contribution is 5.68. The monoisotopic (exact) mass is 257 g/mol. The van der Waals surface area contributed by atoms with E-state index in [2.05, 4.69) is 0 Å². The van der Waals surface area contributed by atoms with Gasteiger partial charge in [0.1, 0.15) is 5.60 Å². The van der Waals surface area contributed by atoms with Gasteiger partial charge in [0.2, 0.25) is 0 Å². The molecule has 1 amide bonds. The third kappa shape index (κ3) is 4.46. The van der Waals surface area contributed by atoms with E-state index in [-0.39, 0.29) is 6.09 Å². The zero-order valence-corrected chi connectivity index (χ0v) is 11.8. The van der Waals surface area contributed by atoms with Crippen molar-refractivity contribution in [1.29, 1.82) is 0 Å². The Bertz CT molecular complexity index is 262. The van der Waals surface area contributed by atoms with Gasteiger partial charge in [-0.3, -0.25) is 0 Å². The Morgan fingerprint density at radius 2 is 1.61 bits per heavy atom. The first-order valence-electron chi connectivity index (χ1n) is 6.75. The molecular weight excluding hydrogens is 230 g/mol. The van der Waals surface area contributed by atoms with Gasteiger partial charge in [0.15, 0.2) is 0 Å². The van der Waals surface area contributed by atoms with Crippen molar-refractivity contribution in [3.05, 3.63) is 0 Å². The highest BCUT2D eigenvalue weighted by atomic mass is 16.6. The zero-order valence-electron chi connectivity index (χ0n) is 11.8. The smallest absolute Gasteiger partial charge is 0.410 e. The largest absolute Gasteiger partial charge is 0.444 e. The molecule has 1 aliphatic rings. The van der Waals surface area contributed by atoms with Crippen LogP contribution in [0.4, 0.5) is 4.79 Å². The first-order valence-corrected chi connectivity index (χ1v) is 6.75. The minimum absolute atomic E-state index is 0.218. The van der Waals surface area contributed by atoms with Crippen LogP contribution in [-0.2, 0) is 4.74 Å². The van der Waals surface area contributed by atoms with Crippen molar-refractivity contribution in [2.75, 3.05) is 26.2 Å². The Kier molecular flexibility index (Phi) is 5.41. The van der Waals surface area contributed by atoms with Gasteiger partial charge < -0.3 is 21.1 Å². The van der Waals surface area contributed by atoms with E-state index in [1.807, 2.05) is 20.8 Å². The fraction of sp³-hybridized carbons (Fsp3) is 0.923. The number of rotatable bonds is 4. The van der Waals surface area contributed by atoms with Crippen molar-refractivity contribution < 1.29 is 9.53 Å². The molecule has 0 saturated carbocycles. The lowest BCUT2D eigenvalue weighted by atomic mass is 9.90. The molecule has 0 aliphatic carbocycles. The van der Waals surface area contributed by atoms with Gasteiger partial charge in [0, 0.05) is 13.1 Å². The van der Waals surface area contributed by atoms with Crippen LogP contribution in [0.5, 0.6) is 0 Å². The third-order valence-corrected chi connectivity index (χ3v) is 3.30. The predicted molar refractivity (Wildman–Crippen MR) is 72.1 cm³/mol. The molecule has 1 aliphatic heterocycles. The Labute approximate surface area is 110 Å². The molecule has 0 aromatic carbocycles. The van der Waals surface area contributed by atoms with Gasteiger partial charge in [-0.05, 0) is 58.5 Å². The molecule has 0 bridgehead atoms. The fourth-order valence-corrected chi connectivity index (χ4v) is 2.50. The van der Waals surface area contributed by atoms with Crippen molar-refractivity contribution in [3.8, 4) is 0 Å². The molecule has 1 fully saturated rings. The summed E-state index contributed by atoms with van der Waals surface area (Å²) in [6.45, 7) is 8.47. The Morgan fingerprint density at radius 3 is 1.94 bits per heavy atom. The highest BCUT2D eigenvalue weighted by Gasteiger charge is 2.35. The molecule has 5 heteroatoms. The van der Waals surface area contributed by atoms with E-state index in [0.717, 1.165) is 25.9 Å². The molecule has 5 nitrogen and oxygen atoms in total. The lowest BCUT2D eigenvalue weighted by Gasteiger charge is -2.24. The number of carbonyl (C=O) groups is 1. The number of ether oxygens (including phenoxy) is 1. The molecule has 106 valence electrons. The maximum atomic E-state index is 12.0. The normalized spacial score (nSPS) is 24.4. The van der Waals surface area contributed by atoms with Crippen molar-refractivity contribution in [1.82, 2.24) is 4.90 Å². The van der Waals surface area contributed by atoms with Crippen molar-refractivity contribution in [2.45, 2.75) is 39.2 Å². The molecule has 0 unspecified atom stereocenters. The van der Waals surface area contributed by atoms with Crippen LogP contribution in [0.15, 0.2) is 0 Å². The Hall–Kier alpha value is -0.810. The van der Waals surface area contributed by atoms with Crippen LogP contribution < -0.4 is 11.5 Å². The van der Waals surface area contributed by atoms with E-state index in [9.17, 15) is 4.79 Å². The zero-order chi connectivity index (χ0) is 13.8. The summed E-state index contributed by atoms with van der Waals surface area (Å²) in [5.74, 6) is 0.928.